The lowest BCUT2D eigenvalue weighted by molar-refractivity contribution is -0.304. The first-order valence-electron chi connectivity index (χ1n) is 19.0. The number of aliphatic hydroxyl groups excluding tert-OH is 2. The van der Waals surface area contributed by atoms with E-state index in [0.717, 1.165) is 44.9 Å². The van der Waals surface area contributed by atoms with Crippen LogP contribution in [0, 0.1) is 44.8 Å². The number of carbonyl (C=O) groups excluding carboxylic acids is 2. The van der Waals surface area contributed by atoms with E-state index in [0.29, 0.717) is 5.92 Å². The average molecular weight is 703 g/mol. The van der Waals surface area contributed by atoms with Gasteiger partial charge in [0.25, 0.3) is 0 Å². The lowest BCUT2D eigenvalue weighted by Gasteiger charge is -2.60. The quantitative estimate of drug-likeness (QED) is 0.280. The molecule has 3 aliphatic heterocycles. The second-order valence-electron chi connectivity index (χ2n) is 19.0. The molecule has 7 fully saturated rings. The SMILES string of the molecule is CC(=O)O[C@H]1[C@H](OC2CC[C@]34C[C@]35CC[C@]3(C)[C@H]6[C@H](C)CC7OC6(OC7C(C)(C)O)C(O)[C@@]3(C)C5=CC[C@H]4C2(C)C)OC[C@@H](OC(C)=O)[C@@H]1O. The smallest absolute Gasteiger partial charge is 0.303 e. The van der Waals surface area contributed by atoms with E-state index in [1.165, 1.54) is 19.4 Å². The highest BCUT2D eigenvalue weighted by Crippen LogP contribution is 2.89. The van der Waals surface area contributed by atoms with Crippen molar-refractivity contribution in [2.45, 2.75) is 168 Å². The second-order valence-corrected chi connectivity index (χ2v) is 19.0. The first-order chi connectivity index (χ1) is 23.2. The van der Waals surface area contributed by atoms with E-state index in [4.69, 9.17) is 28.4 Å². The van der Waals surface area contributed by atoms with Gasteiger partial charge in [-0.2, -0.15) is 0 Å². The number of hydrogen-bond donors (Lipinski definition) is 3. The van der Waals surface area contributed by atoms with E-state index in [1.807, 2.05) is 0 Å². The number of carbonyl (C=O) groups is 2. The van der Waals surface area contributed by atoms with Gasteiger partial charge in [0.15, 0.2) is 24.3 Å². The molecule has 3 heterocycles. The van der Waals surface area contributed by atoms with Gasteiger partial charge in [0.05, 0.1) is 24.4 Å². The number of allylic oxidation sites excluding steroid dienone is 1. The summed E-state index contributed by atoms with van der Waals surface area (Å²) in [5.41, 5.74) is -0.747. The molecule has 0 radical (unpaired) electrons. The maximum atomic E-state index is 12.7. The van der Waals surface area contributed by atoms with Gasteiger partial charge >= 0.3 is 11.9 Å². The summed E-state index contributed by atoms with van der Waals surface area (Å²) >= 11 is 0. The zero-order chi connectivity index (χ0) is 36.2. The van der Waals surface area contributed by atoms with Crippen LogP contribution in [0.15, 0.2) is 11.6 Å². The number of aliphatic hydroxyl groups is 3. The van der Waals surface area contributed by atoms with Crippen LogP contribution in [0.25, 0.3) is 0 Å². The van der Waals surface area contributed by atoms with Crippen LogP contribution in [0.1, 0.15) is 107 Å². The van der Waals surface area contributed by atoms with Gasteiger partial charge in [-0.3, -0.25) is 9.59 Å². The molecule has 16 atom stereocenters. The molecule has 0 aromatic heterocycles. The van der Waals surface area contributed by atoms with Crippen LogP contribution in [-0.2, 0) is 38.0 Å². The van der Waals surface area contributed by atoms with Crippen molar-refractivity contribution in [3.63, 3.8) is 0 Å². The number of ether oxygens (including phenoxy) is 6. The standard InChI is InChI=1S/C39H58O11/c1-19-16-22-30(34(6,7)44)50-39(49-22)29(19)35(8)14-15-38-18-37(38)13-12-26(33(4,5)24(37)10-11-25(38)36(35,9)32(39)43)48-31-28(47-21(3)41)27(42)23(17-45-31)46-20(2)40/h11,19,22-24,26-32,42-44H,10,12-18H2,1-9H3/t19-,22?,23-,24+,26?,27+,28-,29-,30?,31+,32?,35-,36-,37-,38+,39?/m1/s1. The fourth-order valence-electron chi connectivity index (χ4n) is 13.7. The molecule has 5 aliphatic carbocycles. The summed E-state index contributed by atoms with van der Waals surface area (Å²) in [6.45, 7) is 17.5. The van der Waals surface area contributed by atoms with E-state index in [1.54, 1.807) is 13.8 Å². The van der Waals surface area contributed by atoms with E-state index in [9.17, 15) is 24.9 Å². The minimum absolute atomic E-state index is 0.00121. The third kappa shape index (κ3) is 4.28. The Kier molecular flexibility index (Phi) is 7.62. The molecule has 2 bridgehead atoms. The highest BCUT2D eigenvalue weighted by Gasteiger charge is 2.86. The summed E-state index contributed by atoms with van der Waals surface area (Å²) in [5, 5.41) is 34.9. The van der Waals surface area contributed by atoms with Crippen molar-refractivity contribution in [2.75, 3.05) is 6.61 Å². The van der Waals surface area contributed by atoms with Gasteiger partial charge in [-0.05, 0) is 92.3 Å². The summed E-state index contributed by atoms with van der Waals surface area (Å²) in [5.74, 6) is -1.71. The Labute approximate surface area is 295 Å². The third-order valence-electron chi connectivity index (χ3n) is 15.8. The molecule has 0 aromatic rings. The largest absolute Gasteiger partial charge is 0.457 e. The van der Waals surface area contributed by atoms with Crippen molar-refractivity contribution in [2.24, 2.45) is 44.8 Å². The molecule has 3 spiro atoms. The van der Waals surface area contributed by atoms with E-state index < -0.39 is 65.6 Å². The molecule has 8 aliphatic rings. The molecular formula is C39H58O11. The zero-order valence-corrected chi connectivity index (χ0v) is 31.2. The number of rotatable bonds is 5. The van der Waals surface area contributed by atoms with Gasteiger partial charge in [0.1, 0.15) is 18.3 Å². The van der Waals surface area contributed by atoms with Crippen LogP contribution in [0.4, 0.5) is 0 Å². The van der Waals surface area contributed by atoms with Crippen molar-refractivity contribution in [3.8, 4) is 0 Å². The Bertz CT molecular complexity index is 1490. The predicted octanol–water partition coefficient (Wildman–Crippen LogP) is 4.18. The number of esters is 2. The summed E-state index contributed by atoms with van der Waals surface area (Å²) in [4.78, 5) is 23.7. The lowest BCUT2D eigenvalue weighted by Crippen LogP contribution is -2.60. The Hall–Kier alpha value is -1.60. The third-order valence-corrected chi connectivity index (χ3v) is 15.8. The zero-order valence-electron chi connectivity index (χ0n) is 31.2. The van der Waals surface area contributed by atoms with Crippen molar-refractivity contribution < 1.29 is 53.3 Å². The minimum atomic E-state index is -1.28. The number of hydrogen-bond acceptors (Lipinski definition) is 11. The first-order valence-corrected chi connectivity index (χ1v) is 19.0. The van der Waals surface area contributed by atoms with Gasteiger partial charge in [0, 0.05) is 25.2 Å². The highest BCUT2D eigenvalue weighted by molar-refractivity contribution is 5.67. The van der Waals surface area contributed by atoms with Crippen LogP contribution in [-0.4, -0.2) is 94.3 Å². The van der Waals surface area contributed by atoms with Gasteiger partial charge in [-0.1, -0.05) is 46.3 Å². The molecule has 50 heavy (non-hydrogen) atoms. The van der Waals surface area contributed by atoms with E-state index in [-0.39, 0.29) is 52.3 Å². The molecule has 8 rings (SSSR count). The van der Waals surface area contributed by atoms with Crippen molar-refractivity contribution in [3.05, 3.63) is 11.6 Å². The average Bonchev–Trinajstić information content (AvgIpc) is 3.52. The molecule has 3 saturated heterocycles. The van der Waals surface area contributed by atoms with Crippen LogP contribution >= 0.6 is 0 Å². The minimum Gasteiger partial charge on any atom is -0.457 e. The summed E-state index contributed by atoms with van der Waals surface area (Å²) in [7, 11) is 0. The van der Waals surface area contributed by atoms with Gasteiger partial charge in [0.2, 0.25) is 0 Å². The molecule has 0 amide bonds. The normalized spacial score (nSPS) is 54.2. The fraction of sp³-hybridized carbons (Fsp3) is 0.897. The van der Waals surface area contributed by atoms with Gasteiger partial charge in [-0.25, -0.2) is 0 Å². The Morgan fingerprint density at radius 3 is 2.36 bits per heavy atom. The van der Waals surface area contributed by atoms with Gasteiger partial charge in [-0.15, -0.1) is 0 Å². The maximum Gasteiger partial charge on any atom is 0.303 e. The van der Waals surface area contributed by atoms with Crippen LogP contribution in [0.3, 0.4) is 0 Å². The fourth-order valence-corrected chi connectivity index (χ4v) is 13.7. The Morgan fingerprint density at radius 1 is 1.00 bits per heavy atom. The highest BCUT2D eigenvalue weighted by atomic mass is 16.8. The molecule has 4 saturated carbocycles. The van der Waals surface area contributed by atoms with Crippen LogP contribution in [0.2, 0.25) is 0 Å². The molecule has 280 valence electrons. The molecule has 0 aromatic carbocycles. The molecule has 3 N–H and O–H groups in total. The summed E-state index contributed by atoms with van der Waals surface area (Å²) < 4.78 is 37.1. The molecule has 5 unspecified atom stereocenters. The first kappa shape index (κ1) is 35.4. The summed E-state index contributed by atoms with van der Waals surface area (Å²) in [6.07, 6.45) is 2.69. The van der Waals surface area contributed by atoms with Crippen LogP contribution in [0.5, 0.6) is 0 Å². The predicted molar refractivity (Wildman–Crippen MR) is 178 cm³/mol. The van der Waals surface area contributed by atoms with Crippen LogP contribution < -0.4 is 0 Å². The maximum absolute atomic E-state index is 12.7. The van der Waals surface area contributed by atoms with Crippen molar-refractivity contribution in [1.29, 1.82) is 0 Å². The second kappa shape index (κ2) is 10.8. The van der Waals surface area contributed by atoms with E-state index >= 15 is 0 Å². The summed E-state index contributed by atoms with van der Waals surface area (Å²) in [6, 6.07) is 0. The topological polar surface area (TPSA) is 150 Å². The number of fused-ring (bicyclic) bond motifs is 4. The Balaban J connectivity index is 1.09. The molecule has 11 nitrogen and oxygen atoms in total. The molecule has 11 heteroatoms. The lowest BCUT2D eigenvalue weighted by atomic mass is 9.44. The Morgan fingerprint density at radius 2 is 1.70 bits per heavy atom. The van der Waals surface area contributed by atoms with Crippen molar-refractivity contribution >= 4 is 11.9 Å². The monoisotopic (exact) mass is 702 g/mol. The van der Waals surface area contributed by atoms with E-state index in [2.05, 4.69) is 40.7 Å². The van der Waals surface area contributed by atoms with Gasteiger partial charge < -0.3 is 43.7 Å². The van der Waals surface area contributed by atoms with Crippen molar-refractivity contribution in [1.82, 2.24) is 0 Å². The molecular weight excluding hydrogens is 644 g/mol.